The van der Waals surface area contributed by atoms with Crippen LogP contribution < -0.4 is 5.32 Å². The third kappa shape index (κ3) is 4.20. The Labute approximate surface area is 159 Å². The van der Waals surface area contributed by atoms with Gasteiger partial charge in [0.2, 0.25) is 5.91 Å². The van der Waals surface area contributed by atoms with Crippen LogP contribution in [-0.2, 0) is 14.6 Å². The van der Waals surface area contributed by atoms with E-state index in [1.807, 2.05) is 0 Å². The molecule has 1 heterocycles. The molecule has 1 amide bonds. The van der Waals surface area contributed by atoms with Crippen molar-refractivity contribution < 1.29 is 17.6 Å². The molecule has 0 aliphatic carbocycles. The molecule has 26 heavy (non-hydrogen) atoms. The van der Waals surface area contributed by atoms with Crippen LogP contribution in [0, 0.1) is 0 Å². The zero-order chi connectivity index (χ0) is 18.7. The van der Waals surface area contributed by atoms with E-state index >= 15 is 0 Å². The third-order valence-electron chi connectivity index (χ3n) is 3.55. The van der Waals surface area contributed by atoms with Gasteiger partial charge in [-0.1, -0.05) is 42.4 Å². The largest absolute Gasteiger partial charge is 0.431 e. The van der Waals surface area contributed by atoms with Gasteiger partial charge in [-0.25, -0.2) is 13.4 Å². The average molecular weight is 411 g/mol. The predicted octanol–water partition coefficient (Wildman–Crippen LogP) is 4.01. The van der Waals surface area contributed by atoms with Gasteiger partial charge < -0.3 is 9.73 Å². The smallest absolute Gasteiger partial charge is 0.257 e. The minimum absolute atomic E-state index is 0.0141. The van der Waals surface area contributed by atoms with Crippen LogP contribution in [0.5, 0.6) is 0 Å². The van der Waals surface area contributed by atoms with E-state index in [2.05, 4.69) is 10.3 Å². The van der Waals surface area contributed by atoms with Crippen molar-refractivity contribution in [2.75, 3.05) is 16.8 Å². The maximum atomic E-state index is 12.0. The quantitative estimate of drug-likeness (QED) is 0.617. The fourth-order valence-electron chi connectivity index (χ4n) is 2.18. The first-order chi connectivity index (χ1) is 12.4. The molecule has 0 fully saturated rings. The van der Waals surface area contributed by atoms with Gasteiger partial charge in [-0.05, 0) is 30.3 Å². The molecule has 0 spiro atoms. The molecule has 9 heteroatoms. The highest BCUT2D eigenvalue weighted by atomic mass is 35.5. The van der Waals surface area contributed by atoms with Crippen LogP contribution in [0.15, 0.2) is 57.0 Å². The number of anilines is 1. The van der Waals surface area contributed by atoms with Crippen molar-refractivity contribution in [3.8, 4) is 0 Å². The van der Waals surface area contributed by atoms with E-state index in [0.717, 1.165) is 11.8 Å². The third-order valence-corrected chi connectivity index (χ3v) is 6.44. The van der Waals surface area contributed by atoms with E-state index < -0.39 is 9.84 Å². The highest BCUT2D eigenvalue weighted by Crippen LogP contribution is 2.26. The van der Waals surface area contributed by atoms with Crippen molar-refractivity contribution >= 4 is 55.9 Å². The Kier molecular flexibility index (Phi) is 5.55. The summed E-state index contributed by atoms with van der Waals surface area (Å²) in [6, 6.07) is 11.5. The van der Waals surface area contributed by atoms with Crippen LogP contribution in [0.1, 0.15) is 6.92 Å². The first-order valence-corrected chi connectivity index (χ1v) is 10.7. The molecule has 1 aromatic heterocycles. The number of aromatic nitrogens is 1. The minimum Gasteiger partial charge on any atom is -0.431 e. The number of oxazole rings is 1. The molecule has 0 aliphatic heterocycles. The number of rotatable bonds is 6. The van der Waals surface area contributed by atoms with E-state index in [1.54, 1.807) is 37.3 Å². The summed E-state index contributed by atoms with van der Waals surface area (Å²) in [6.07, 6.45) is 0. The highest BCUT2D eigenvalue weighted by molar-refractivity contribution is 7.99. The van der Waals surface area contributed by atoms with Crippen LogP contribution in [0.3, 0.4) is 0 Å². The number of amides is 1. The predicted molar refractivity (Wildman–Crippen MR) is 103 cm³/mol. The van der Waals surface area contributed by atoms with E-state index in [9.17, 15) is 13.2 Å². The monoisotopic (exact) mass is 410 g/mol. The molecular weight excluding hydrogens is 396 g/mol. The topological polar surface area (TPSA) is 89.3 Å². The standard InChI is InChI=1S/C17H15ClN2O4S2/c1-2-26(22,23)11-7-8-15-14(9-11)20-17(24-15)25-10-16(21)19-13-6-4-3-5-12(13)18/h3-9H,2,10H2,1H3,(H,19,21). The number of thioether (sulfide) groups is 1. The van der Waals surface area contributed by atoms with Crippen LogP contribution >= 0.6 is 23.4 Å². The van der Waals surface area contributed by atoms with E-state index in [0.29, 0.717) is 27.0 Å². The average Bonchev–Trinajstić information content (AvgIpc) is 3.04. The first-order valence-electron chi connectivity index (χ1n) is 7.69. The number of hydrogen-bond donors (Lipinski definition) is 1. The SMILES string of the molecule is CCS(=O)(=O)c1ccc2oc(SCC(=O)Nc3ccccc3Cl)nc2c1. The summed E-state index contributed by atoms with van der Waals surface area (Å²) in [5.74, 6) is -0.155. The molecule has 0 radical (unpaired) electrons. The number of sulfone groups is 1. The van der Waals surface area contributed by atoms with Crippen molar-refractivity contribution in [2.24, 2.45) is 0 Å². The maximum Gasteiger partial charge on any atom is 0.257 e. The van der Waals surface area contributed by atoms with Gasteiger partial charge >= 0.3 is 0 Å². The van der Waals surface area contributed by atoms with Gasteiger partial charge in [0.1, 0.15) is 5.52 Å². The fourth-order valence-corrected chi connectivity index (χ4v) is 3.91. The Hall–Kier alpha value is -2.03. The second kappa shape index (κ2) is 7.69. The highest BCUT2D eigenvalue weighted by Gasteiger charge is 2.15. The lowest BCUT2D eigenvalue weighted by atomic mass is 10.3. The summed E-state index contributed by atoms with van der Waals surface area (Å²) >= 11 is 7.12. The lowest BCUT2D eigenvalue weighted by Crippen LogP contribution is -2.14. The molecule has 0 saturated carbocycles. The zero-order valence-corrected chi connectivity index (χ0v) is 16.1. The molecule has 3 rings (SSSR count). The van der Waals surface area contributed by atoms with E-state index in [4.69, 9.17) is 16.0 Å². The molecule has 136 valence electrons. The Morgan fingerprint density at radius 3 is 2.77 bits per heavy atom. The Morgan fingerprint density at radius 1 is 1.27 bits per heavy atom. The number of para-hydroxylation sites is 1. The summed E-state index contributed by atoms with van der Waals surface area (Å²) in [5.41, 5.74) is 1.44. The molecule has 0 saturated heterocycles. The zero-order valence-electron chi connectivity index (χ0n) is 13.7. The first kappa shape index (κ1) is 18.8. The maximum absolute atomic E-state index is 12.0. The molecule has 0 unspecified atom stereocenters. The van der Waals surface area contributed by atoms with Gasteiger partial charge in [0, 0.05) is 0 Å². The van der Waals surface area contributed by atoms with Crippen molar-refractivity contribution in [1.82, 2.24) is 4.98 Å². The van der Waals surface area contributed by atoms with Crippen molar-refractivity contribution in [3.05, 3.63) is 47.5 Å². The van der Waals surface area contributed by atoms with E-state index in [-0.39, 0.29) is 22.3 Å². The number of benzene rings is 2. The number of nitrogens with one attached hydrogen (secondary N) is 1. The number of carbonyl (C=O) groups excluding carboxylic acids is 1. The summed E-state index contributed by atoms with van der Waals surface area (Å²) in [4.78, 5) is 16.5. The van der Waals surface area contributed by atoms with Gasteiger partial charge in [-0.15, -0.1) is 0 Å². The Bertz CT molecular complexity index is 1060. The summed E-state index contributed by atoms with van der Waals surface area (Å²) < 4.78 is 29.4. The van der Waals surface area contributed by atoms with E-state index in [1.165, 1.54) is 12.1 Å². The summed E-state index contributed by atoms with van der Waals surface area (Å²) in [7, 11) is -3.31. The van der Waals surface area contributed by atoms with Crippen molar-refractivity contribution in [2.45, 2.75) is 17.0 Å². The van der Waals surface area contributed by atoms with Crippen LogP contribution in [0.25, 0.3) is 11.1 Å². The number of nitrogens with zero attached hydrogens (tertiary/aromatic N) is 1. The molecule has 6 nitrogen and oxygen atoms in total. The number of hydrogen-bond acceptors (Lipinski definition) is 6. The lowest BCUT2D eigenvalue weighted by molar-refractivity contribution is -0.113. The van der Waals surface area contributed by atoms with Gasteiger partial charge in [0.05, 0.1) is 27.1 Å². The van der Waals surface area contributed by atoms with Gasteiger partial charge in [0.25, 0.3) is 5.22 Å². The normalized spacial score (nSPS) is 11.6. The molecule has 3 aromatic rings. The van der Waals surface area contributed by atoms with Crippen molar-refractivity contribution in [1.29, 1.82) is 0 Å². The van der Waals surface area contributed by atoms with Gasteiger partial charge in [0.15, 0.2) is 15.4 Å². The molecule has 0 atom stereocenters. The van der Waals surface area contributed by atoms with Gasteiger partial charge in [-0.2, -0.15) is 0 Å². The number of fused-ring (bicyclic) bond motifs is 1. The minimum atomic E-state index is -3.31. The number of halogens is 1. The second-order valence-corrected chi connectivity index (χ2v) is 8.94. The summed E-state index contributed by atoms with van der Waals surface area (Å²) in [5, 5.41) is 3.46. The number of carbonyl (C=O) groups is 1. The lowest BCUT2D eigenvalue weighted by Gasteiger charge is -2.05. The fraction of sp³-hybridized carbons (Fsp3) is 0.176. The molecule has 0 aliphatic rings. The Morgan fingerprint density at radius 2 is 2.04 bits per heavy atom. The van der Waals surface area contributed by atoms with Crippen LogP contribution in [0.4, 0.5) is 5.69 Å². The molecule has 2 aromatic carbocycles. The summed E-state index contributed by atoms with van der Waals surface area (Å²) in [6.45, 7) is 1.58. The Balaban J connectivity index is 1.69. The van der Waals surface area contributed by atoms with Crippen LogP contribution in [-0.4, -0.2) is 30.8 Å². The van der Waals surface area contributed by atoms with Crippen LogP contribution in [0.2, 0.25) is 5.02 Å². The molecule has 1 N–H and O–H groups in total. The molecule has 0 bridgehead atoms. The second-order valence-electron chi connectivity index (χ2n) is 5.33. The molecular formula is C17H15ClN2O4S2. The van der Waals surface area contributed by atoms with Crippen molar-refractivity contribution in [3.63, 3.8) is 0 Å². The van der Waals surface area contributed by atoms with Gasteiger partial charge in [-0.3, -0.25) is 4.79 Å².